The highest BCUT2D eigenvalue weighted by Gasteiger charge is 2.17. The molecular weight excluding hydrogens is 322 g/mol. The lowest BCUT2D eigenvalue weighted by molar-refractivity contribution is -0.137. The topological polar surface area (TPSA) is 92.7 Å². The number of carbonyl (C=O) groups is 3. The predicted molar refractivity (Wildman–Crippen MR) is 95.7 cm³/mol. The largest absolute Gasteiger partial charge is 0.481 e. The molecule has 0 aliphatic rings. The molecule has 0 aliphatic carbocycles. The highest BCUT2D eigenvalue weighted by Crippen LogP contribution is 2.19. The van der Waals surface area contributed by atoms with Gasteiger partial charge in [-0.05, 0) is 45.2 Å². The Bertz CT molecular complexity index is 604. The van der Waals surface area contributed by atoms with Gasteiger partial charge in [-0.15, -0.1) is 0 Å². The van der Waals surface area contributed by atoms with Gasteiger partial charge in [0.1, 0.15) is 11.4 Å². The molecule has 6 heteroatoms. The van der Waals surface area contributed by atoms with Gasteiger partial charge in [-0.2, -0.15) is 0 Å². The van der Waals surface area contributed by atoms with E-state index in [0.717, 1.165) is 12.0 Å². The summed E-state index contributed by atoms with van der Waals surface area (Å²) >= 11 is 0. The molecule has 6 nitrogen and oxygen atoms in total. The van der Waals surface area contributed by atoms with E-state index in [1.165, 1.54) is 0 Å². The van der Waals surface area contributed by atoms with E-state index >= 15 is 0 Å². The number of rotatable bonds is 9. The Morgan fingerprint density at radius 1 is 1.04 bits per heavy atom. The highest BCUT2D eigenvalue weighted by molar-refractivity contribution is 5.88. The van der Waals surface area contributed by atoms with Gasteiger partial charge < -0.3 is 9.84 Å². The number of hydrogen-bond acceptors (Lipinski definition) is 4. The Hall–Kier alpha value is -2.37. The molecule has 0 fully saturated rings. The lowest BCUT2D eigenvalue weighted by atomic mass is 10.0. The molecule has 2 N–H and O–H groups in total. The van der Waals surface area contributed by atoms with Gasteiger partial charge in [-0.3, -0.25) is 14.9 Å². The number of anilines is 1. The van der Waals surface area contributed by atoms with Crippen molar-refractivity contribution in [2.75, 3.05) is 5.32 Å². The molecule has 0 unspecified atom stereocenters. The Morgan fingerprint density at radius 3 is 2.32 bits per heavy atom. The minimum atomic E-state index is -0.812. The first-order valence-electron chi connectivity index (χ1n) is 8.49. The number of Topliss-reactive ketones (excluding diaryl/α,β-unsaturated/α-hetero) is 1. The maximum Gasteiger partial charge on any atom is 0.412 e. The molecule has 0 heterocycles. The molecule has 0 saturated carbocycles. The van der Waals surface area contributed by atoms with Crippen LogP contribution in [0.5, 0.6) is 0 Å². The minimum Gasteiger partial charge on any atom is -0.481 e. The summed E-state index contributed by atoms with van der Waals surface area (Å²) in [6, 6.07) is 7.14. The van der Waals surface area contributed by atoms with Crippen LogP contribution >= 0.6 is 0 Å². The van der Waals surface area contributed by atoms with Crippen molar-refractivity contribution in [1.82, 2.24) is 0 Å². The molecule has 0 atom stereocenters. The third-order valence-electron chi connectivity index (χ3n) is 3.39. The summed E-state index contributed by atoms with van der Waals surface area (Å²) in [6.45, 7) is 5.35. The van der Waals surface area contributed by atoms with E-state index < -0.39 is 17.7 Å². The summed E-state index contributed by atoms with van der Waals surface area (Å²) < 4.78 is 5.23. The third kappa shape index (κ3) is 9.49. The number of ether oxygens (including phenoxy) is 1. The Labute approximate surface area is 148 Å². The normalized spacial score (nSPS) is 11.0. The number of nitrogens with one attached hydrogen (secondary N) is 1. The van der Waals surface area contributed by atoms with Crippen LogP contribution in [0, 0.1) is 0 Å². The van der Waals surface area contributed by atoms with Crippen molar-refractivity contribution in [3.05, 3.63) is 29.8 Å². The van der Waals surface area contributed by atoms with Gasteiger partial charge in [0.05, 0.1) is 0 Å². The summed E-state index contributed by atoms with van der Waals surface area (Å²) in [6.07, 6.45) is 2.19. The second-order valence-electron chi connectivity index (χ2n) is 6.95. The van der Waals surface area contributed by atoms with Crippen molar-refractivity contribution >= 4 is 23.5 Å². The number of carboxylic acid groups (broad SMARTS) is 1. The molecule has 0 aromatic heterocycles. The molecule has 1 rings (SSSR count). The zero-order valence-corrected chi connectivity index (χ0v) is 15.1. The van der Waals surface area contributed by atoms with E-state index in [0.29, 0.717) is 24.9 Å². The maximum absolute atomic E-state index is 12.1. The van der Waals surface area contributed by atoms with Crippen molar-refractivity contribution in [2.24, 2.45) is 0 Å². The van der Waals surface area contributed by atoms with E-state index in [4.69, 9.17) is 9.84 Å². The highest BCUT2D eigenvalue weighted by atomic mass is 16.6. The van der Waals surface area contributed by atoms with E-state index in [1.54, 1.807) is 39.0 Å². The van der Waals surface area contributed by atoms with Crippen LogP contribution < -0.4 is 5.32 Å². The second kappa shape index (κ2) is 9.81. The van der Waals surface area contributed by atoms with Gasteiger partial charge in [0, 0.05) is 24.9 Å². The predicted octanol–water partition coefficient (Wildman–Crippen LogP) is 4.18. The zero-order valence-electron chi connectivity index (χ0n) is 15.1. The number of unbranched alkanes of at least 4 members (excludes halogenated alkanes) is 2. The summed E-state index contributed by atoms with van der Waals surface area (Å²) in [5, 5.41) is 11.3. The number of benzene rings is 1. The zero-order chi connectivity index (χ0) is 18.9. The summed E-state index contributed by atoms with van der Waals surface area (Å²) in [5.74, 6) is -0.748. The number of carboxylic acids is 1. The van der Waals surface area contributed by atoms with Gasteiger partial charge in [-0.25, -0.2) is 4.79 Å². The third-order valence-corrected chi connectivity index (χ3v) is 3.39. The number of carbonyl (C=O) groups excluding carboxylic acids is 2. The molecule has 1 aromatic carbocycles. The minimum absolute atomic E-state index is 0.0637. The quantitative estimate of drug-likeness (QED) is 0.652. The fourth-order valence-electron chi connectivity index (χ4n) is 2.29. The lowest BCUT2D eigenvalue weighted by Crippen LogP contribution is -2.27. The van der Waals surface area contributed by atoms with E-state index in [1.807, 2.05) is 6.07 Å². The van der Waals surface area contributed by atoms with Gasteiger partial charge in [0.2, 0.25) is 0 Å². The first-order chi connectivity index (χ1) is 11.7. The van der Waals surface area contributed by atoms with Crippen molar-refractivity contribution in [2.45, 2.75) is 64.9 Å². The SMILES string of the molecule is CC(C)(C)OC(=O)Nc1ccccc1CC(=O)CCCCCC(=O)O. The van der Waals surface area contributed by atoms with Gasteiger partial charge in [0.25, 0.3) is 0 Å². The fraction of sp³-hybridized carbons (Fsp3) is 0.526. The van der Waals surface area contributed by atoms with Crippen molar-refractivity contribution < 1.29 is 24.2 Å². The van der Waals surface area contributed by atoms with Gasteiger partial charge in [-0.1, -0.05) is 24.6 Å². The van der Waals surface area contributed by atoms with Crippen LogP contribution in [-0.4, -0.2) is 28.6 Å². The standard InChI is InChI=1S/C19H27NO5/c1-19(2,3)25-18(24)20-16-11-8-7-9-14(16)13-15(21)10-5-4-6-12-17(22)23/h7-9,11H,4-6,10,12-13H2,1-3H3,(H,20,24)(H,22,23). The number of amides is 1. The lowest BCUT2D eigenvalue weighted by Gasteiger charge is -2.20. The van der Waals surface area contributed by atoms with Crippen LogP contribution in [0.2, 0.25) is 0 Å². The van der Waals surface area contributed by atoms with Crippen molar-refractivity contribution in [3.63, 3.8) is 0 Å². The Balaban J connectivity index is 2.51. The van der Waals surface area contributed by atoms with Crippen LogP contribution in [0.25, 0.3) is 0 Å². The van der Waals surface area contributed by atoms with Gasteiger partial charge >= 0.3 is 12.1 Å². The van der Waals surface area contributed by atoms with Crippen LogP contribution in [0.4, 0.5) is 10.5 Å². The van der Waals surface area contributed by atoms with Gasteiger partial charge in [0.15, 0.2) is 0 Å². The molecule has 0 radical (unpaired) electrons. The molecule has 0 saturated heterocycles. The summed E-state index contributed by atoms with van der Waals surface area (Å²) in [5.41, 5.74) is 0.713. The summed E-state index contributed by atoms with van der Waals surface area (Å²) in [4.78, 5) is 34.5. The van der Waals surface area contributed by atoms with Crippen LogP contribution in [0.3, 0.4) is 0 Å². The number of hydrogen-bond donors (Lipinski definition) is 2. The van der Waals surface area contributed by atoms with E-state index in [9.17, 15) is 14.4 Å². The molecular formula is C19H27NO5. The Morgan fingerprint density at radius 2 is 1.68 bits per heavy atom. The van der Waals surface area contributed by atoms with Crippen LogP contribution in [0.1, 0.15) is 58.4 Å². The first kappa shape index (κ1) is 20.7. The van der Waals surface area contributed by atoms with Crippen molar-refractivity contribution in [1.29, 1.82) is 0 Å². The number of ketones is 1. The van der Waals surface area contributed by atoms with Crippen molar-refractivity contribution in [3.8, 4) is 0 Å². The van der Waals surface area contributed by atoms with Crippen LogP contribution in [-0.2, 0) is 20.7 Å². The molecule has 25 heavy (non-hydrogen) atoms. The number of aliphatic carboxylic acids is 1. The molecule has 1 amide bonds. The molecule has 0 aliphatic heterocycles. The maximum atomic E-state index is 12.1. The average Bonchev–Trinajstić information content (AvgIpc) is 2.46. The monoisotopic (exact) mass is 349 g/mol. The smallest absolute Gasteiger partial charge is 0.412 e. The fourth-order valence-corrected chi connectivity index (χ4v) is 2.29. The molecule has 0 spiro atoms. The molecule has 138 valence electrons. The van der Waals surface area contributed by atoms with Crippen LogP contribution in [0.15, 0.2) is 24.3 Å². The molecule has 1 aromatic rings. The Kier molecular flexibility index (Phi) is 8.11. The average molecular weight is 349 g/mol. The number of para-hydroxylation sites is 1. The summed E-state index contributed by atoms with van der Waals surface area (Å²) in [7, 11) is 0. The van der Waals surface area contributed by atoms with E-state index in [-0.39, 0.29) is 18.6 Å². The van der Waals surface area contributed by atoms with E-state index in [2.05, 4.69) is 5.32 Å². The second-order valence-corrected chi connectivity index (χ2v) is 6.95. The molecule has 0 bridgehead atoms. The first-order valence-corrected chi connectivity index (χ1v) is 8.49.